The molecule has 0 bridgehead atoms. The van der Waals surface area contributed by atoms with Gasteiger partial charge in [-0.1, -0.05) is 30.3 Å². The van der Waals surface area contributed by atoms with E-state index >= 15 is 0 Å². The zero-order valence-electron chi connectivity index (χ0n) is 17.1. The summed E-state index contributed by atoms with van der Waals surface area (Å²) in [6.07, 6.45) is 3.39. The van der Waals surface area contributed by atoms with Gasteiger partial charge in [0.05, 0.1) is 6.26 Å². The van der Waals surface area contributed by atoms with E-state index in [4.69, 9.17) is 4.42 Å². The lowest BCUT2D eigenvalue weighted by Gasteiger charge is -2.32. The fourth-order valence-corrected chi connectivity index (χ4v) is 3.43. The molecule has 3 N–H and O–H groups in total. The summed E-state index contributed by atoms with van der Waals surface area (Å²) in [5, 5.41) is 8.05. The molecule has 30 heavy (non-hydrogen) atoms. The third-order valence-electron chi connectivity index (χ3n) is 5.20. The Bertz CT molecular complexity index is 857. The second kappa shape index (κ2) is 10.6. The summed E-state index contributed by atoms with van der Waals surface area (Å²) in [7, 11) is 0. The largest absolute Gasteiger partial charge is 0.459 e. The van der Waals surface area contributed by atoms with Crippen LogP contribution in [0, 0.1) is 6.92 Å². The Morgan fingerprint density at radius 2 is 1.83 bits per heavy atom. The number of urea groups is 1. The van der Waals surface area contributed by atoms with Crippen molar-refractivity contribution in [3.8, 4) is 0 Å². The Kier molecular flexibility index (Phi) is 7.62. The van der Waals surface area contributed by atoms with Crippen LogP contribution in [-0.4, -0.2) is 48.4 Å². The maximum atomic E-state index is 12.2. The number of benzene rings is 1. The molecule has 3 rings (SSSR count). The van der Waals surface area contributed by atoms with Gasteiger partial charge in [-0.15, -0.1) is 0 Å². The summed E-state index contributed by atoms with van der Waals surface area (Å²) in [5.41, 5.74) is 1.79. The van der Waals surface area contributed by atoms with E-state index in [1.54, 1.807) is 6.07 Å². The van der Waals surface area contributed by atoms with Crippen molar-refractivity contribution in [1.29, 1.82) is 0 Å². The van der Waals surface area contributed by atoms with E-state index in [2.05, 4.69) is 20.9 Å². The number of hydrogen-bond acceptors (Lipinski definition) is 5. The predicted molar refractivity (Wildman–Crippen MR) is 112 cm³/mol. The molecule has 0 spiro atoms. The highest BCUT2D eigenvalue weighted by atomic mass is 16.3. The minimum Gasteiger partial charge on any atom is -0.459 e. The van der Waals surface area contributed by atoms with Crippen molar-refractivity contribution in [3.05, 3.63) is 59.5 Å². The Balaban J connectivity index is 1.30. The lowest BCUT2D eigenvalue weighted by Crippen LogP contribution is -2.46. The number of aryl methyl sites for hydroxylation is 1. The zero-order valence-corrected chi connectivity index (χ0v) is 17.1. The van der Waals surface area contributed by atoms with E-state index in [1.165, 1.54) is 6.26 Å². The lowest BCUT2D eigenvalue weighted by atomic mass is 10.0. The topological polar surface area (TPSA) is 104 Å². The second-order valence-electron chi connectivity index (χ2n) is 7.49. The minimum atomic E-state index is -0.488. The van der Waals surface area contributed by atoms with Gasteiger partial charge in [-0.25, -0.2) is 4.79 Å². The van der Waals surface area contributed by atoms with Crippen molar-refractivity contribution in [3.63, 3.8) is 0 Å². The van der Waals surface area contributed by atoms with Gasteiger partial charge in [-0.05, 0) is 31.4 Å². The van der Waals surface area contributed by atoms with Crippen molar-refractivity contribution in [2.45, 2.75) is 38.8 Å². The van der Waals surface area contributed by atoms with Crippen LogP contribution < -0.4 is 16.0 Å². The molecular weight excluding hydrogens is 384 g/mol. The van der Waals surface area contributed by atoms with Crippen LogP contribution in [0.3, 0.4) is 0 Å². The average molecular weight is 412 g/mol. The molecule has 1 aliphatic rings. The number of rotatable bonds is 7. The Labute approximate surface area is 176 Å². The summed E-state index contributed by atoms with van der Waals surface area (Å²) in [6, 6.07) is 10.9. The van der Waals surface area contributed by atoms with Crippen LogP contribution in [0.15, 0.2) is 47.1 Å². The van der Waals surface area contributed by atoms with E-state index in [9.17, 15) is 14.4 Å². The summed E-state index contributed by atoms with van der Waals surface area (Å²) in [5.74, 6) is -0.124. The molecule has 1 saturated heterocycles. The molecule has 160 valence electrons. The van der Waals surface area contributed by atoms with Gasteiger partial charge in [0.1, 0.15) is 0 Å². The van der Waals surface area contributed by atoms with Gasteiger partial charge >= 0.3 is 6.03 Å². The first kappa shape index (κ1) is 21.6. The fraction of sp³-hybridized carbons (Fsp3) is 0.409. The number of imide groups is 1. The number of carbonyl (C=O) groups excluding carboxylic acids is 3. The number of hydrogen-bond donors (Lipinski definition) is 3. The van der Waals surface area contributed by atoms with Gasteiger partial charge < -0.3 is 20.0 Å². The number of likely N-dealkylation sites (tertiary alicyclic amines) is 1. The SMILES string of the molecule is Cc1ccoc1C(=O)NC1CCN(CCC(=O)NC(=O)NCc2ccccc2)CC1. The molecule has 2 heterocycles. The molecule has 8 heteroatoms. The minimum absolute atomic E-state index is 0.0934. The molecule has 4 amide bonds. The number of nitrogens with one attached hydrogen (secondary N) is 3. The third-order valence-corrected chi connectivity index (χ3v) is 5.20. The van der Waals surface area contributed by atoms with Gasteiger partial charge in [0, 0.05) is 44.2 Å². The second-order valence-corrected chi connectivity index (χ2v) is 7.49. The highest BCUT2D eigenvalue weighted by molar-refractivity contribution is 5.94. The normalized spacial score (nSPS) is 14.8. The van der Waals surface area contributed by atoms with Crippen LogP contribution in [0.4, 0.5) is 4.79 Å². The number of nitrogens with zero attached hydrogens (tertiary/aromatic N) is 1. The van der Waals surface area contributed by atoms with Crippen molar-refractivity contribution in [2.75, 3.05) is 19.6 Å². The first-order chi connectivity index (χ1) is 14.5. The maximum Gasteiger partial charge on any atom is 0.321 e. The number of amides is 4. The highest BCUT2D eigenvalue weighted by Crippen LogP contribution is 2.13. The first-order valence-electron chi connectivity index (χ1n) is 10.2. The van der Waals surface area contributed by atoms with E-state index in [1.807, 2.05) is 37.3 Å². The molecule has 1 aromatic carbocycles. The van der Waals surface area contributed by atoms with Crippen LogP contribution in [-0.2, 0) is 11.3 Å². The van der Waals surface area contributed by atoms with E-state index in [0.29, 0.717) is 18.8 Å². The summed E-state index contributed by atoms with van der Waals surface area (Å²) in [6.45, 7) is 4.37. The van der Waals surface area contributed by atoms with E-state index in [-0.39, 0.29) is 24.3 Å². The third kappa shape index (κ3) is 6.45. The van der Waals surface area contributed by atoms with Crippen LogP contribution in [0.25, 0.3) is 0 Å². The molecule has 1 aromatic heterocycles. The van der Waals surface area contributed by atoms with Crippen molar-refractivity contribution >= 4 is 17.8 Å². The molecule has 2 aromatic rings. The highest BCUT2D eigenvalue weighted by Gasteiger charge is 2.23. The molecule has 1 aliphatic heterocycles. The van der Waals surface area contributed by atoms with Crippen LogP contribution >= 0.6 is 0 Å². The monoisotopic (exact) mass is 412 g/mol. The van der Waals surface area contributed by atoms with Crippen LogP contribution in [0.2, 0.25) is 0 Å². The number of furan rings is 1. The van der Waals surface area contributed by atoms with Crippen LogP contribution in [0.1, 0.15) is 40.9 Å². The summed E-state index contributed by atoms with van der Waals surface area (Å²) < 4.78 is 5.23. The Morgan fingerprint density at radius 3 is 2.50 bits per heavy atom. The molecule has 0 saturated carbocycles. The maximum absolute atomic E-state index is 12.2. The lowest BCUT2D eigenvalue weighted by molar-refractivity contribution is -0.120. The van der Waals surface area contributed by atoms with Gasteiger partial charge in [0.2, 0.25) is 5.91 Å². The van der Waals surface area contributed by atoms with Crippen molar-refractivity contribution in [1.82, 2.24) is 20.9 Å². The van der Waals surface area contributed by atoms with E-state index in [0.717, 1.165) is 37.1 Å². The molecule has 1 fully saturated rings. The Hall–Kier alpha value is -3.13. The van der Waals surface area contributed by atoms with E-state index < -0.39 is 6.03 Å². The summed E-state index contributed by atoms with van der Waals surface area (Å²) >= 11 is 0. The van der Waals surface area contributed by atoms with Gasteiger partial charge in [0.15, 0.2) is 5.76 Å². The summed E-state index contributed by atoms with van der Waals surface area (Å²) in [4.78, 5) is 38.3. The standard InChI is InChI=1S/C22H28N4O4/c1-16-10-14-30-20(16)21(28)24-18-7-11-26(12-8-18)13-9-19(27)25-22(29)23-15-17-5-3-2-4-6-17/h2-6,10,14,18H,7-9,11-13,15H2,1H3,(H,24,28)(H2,23,25,27,29). The molecule has 0 radical (unpaired) electrons. The van der Waals surface area contributed by atoms with Crippen molar-refractivity contribution < 1.29 is 18.8 Å². The smallest absolute Gasteiger partial charge is 0.321 e. The number of piperidine rings is 1. The van der Waals surface area contributed by atoms with Gasteiger partial charge in [-0.3, -0.25) is 14.9 Å². The molecule has 0 atom stereocenters. The predicted octanol–water partition coefficient (Wildman–Crippen LogP) is 2.20. The zero-order chi connectivity index (χ0) is 21.3. The Morgan fingerprint density at radius 1 is 1.10 bits per heavy atom. The number of carbonyl (C=O) groups is 3. The quantitative estimate of drug-likeness (QED) is 0.647. The van der Waals surface area contributed by atoms with Gasteiger partial charge in [0.25, 0.3) is 5.91 Å². The molecular formula is C22H28N4O4. The molecule has 0 unspecified atom stereocenters. The first-order valence-corrected chi connectivity index (χ1v) is 10.2. The molecule has 8 nitrogen and oxygen atoms in total. The van der Waals surface area contributed by atoms with Crippen LogP contribution in [0.5, 0.6) is 0 Å². The fourth-order valence-electron chi connectivity index (χ4n) is 3.43. The average Bonchev–Trinajstić information content (AvgIpc) is 3.18. The molecule has 0 aliphatic carbocycles. The van der Waals surface area contributed by atoms with Gasteiger partial charge in [-0.2, -0.15) is 0 Å². The van der Waals surface area contributed by atoms with Crippen molar-refractivity contribution in [2.24, 2.45) is 0 Å².